The van der Waals surface area contributed by atoms with Crippen LogP contribution in [0.3, 0.4) is 0 Å². The Hall–Kier alpha value is -0.0800. The molecule has 0 aromatic heterocycles. The van der Waals surface area contributed by atoms with Gasteiger partial charge in [0.25, 0.3) is 0 Å². The van der Waals surface area contributed by atoms with Crippen LogP contribution >= 0.6 is 0 Å². The Morgan fingerprint density at radius 2 is 1.60 bits per heavy atom. The molecule has 0 bridgehead atoms. The van der Waals surface area contributed by atoms with Gasteiger partial charge in [0.05, 0.1) is 0 Å². The molecule has 92 valence electrons. The SMILES string of the molecule is CCC(C)C(NC)C(C)(C)N(CC)CC. The third kappa shape index (κ3) is 3.46. The summed E-state index contributed by atoms with van der Waals surface area (Å²) in [5, 5.41) is 3.50. The molecule has 2 atom stereocenters. The molecule has 0 rings (SSSR count). The molecule has 0 aromatic carbocycles. The summed E-state index contributed by atoms with van der Waals surface area (Å²) in [5.41, 5.74) is 0.230. The second-order valence-electron chi connectivity index (χ2n) is 4.98. The normalized spacial score (nSPS) is 16.8. The average molecular weight is 214 g/mol. The molecule has 0 spiro atoms. The van der Waals surface area contributed by atoms with Crippen molar-refractivity contribution in [2.24, 2.45) is 5.92 Å². The van der Waals surface area contributed by atoms with E-state index in [0.717, 1.165) is 13.1 Å². The van der Waals surface area contributed by atoms with Gasteiger partial charge in [-0.25, -0.2) is 0 Å². The molecule has 2 nitrogen and oxygen atoms in total. The number of hydrogen-bond acceptors (Lipinski definition) is 2. The van der Waals surface area contributed by atoms with E-state index in [-0.39, 0.29) is 5.54 Å². The number of hydrogen-bond donors (Lipinski definition) is 1. The summed E-state index contributed by atoms with van der Waals surface area (Å²) >= 11 is 0. The van der Waals surface area contributed by atoms with E-state index in [1.165, 1.54) is 6.42 Å². The molecule has 2 heteroatoms. The summed E-state index contributed by atoms with van der Waals surface area (Å²) in [4.78, 5) is 2.54. The van der Waals surface area contributed by atoms with Crippen LogP contribution < -0.4 is 5.32 Å². The van der Waals surface area contributed by atoms with Crippen LogP contribution in [-0.4, -0.2) is 36.6 Å². The summed E-state index contributed by atoms with van der Waals surface area (Å²) in [6.07, 6.45) is 1.23. The van der Waals surface area contributed by atoms with Crippen molar-refractivity contribution in [2.75, 3.05) is 20.1 Å². The fraction of sp³-hybridized carbons (Fsp3) is 1.00. The molecule has 1 N–H and O–H groups in total. The molecule has 0 saturated carbocycles. The van der Waals surface area contributed by atoms with Crippen molar-refractivity contribution in [3.05, 3.63) is 0 Å². The Kier molecular flexibility index (Phi) is 6.46. The van der Waals surface area contributed by atoms with Gasteiger partial charge in [0.2, 0.25) is 0 Å². The maximum absolute atomic E-state index is 3.50. The monoisotopic (exact) mass is 214 g/mol. The molecule has 0 radical (unpaired) electrons. The quantitative estimate of drug-likeness (QED) is 0.701. The smallest absolute Gasteiger partial charge is 0.0308 e. The lowest BCUT2D eigenvalue weighted by atomic mass is 9.82. The first-order valence-corrected chi connectivity index (χ1v) is 6.37. The molecule has 2 unspecified atom stereocenters. The van der Waals surface area contributed by atoms with E-state index < -0.39 is 0 Å². The lowest BCUT2D eigenvalue weighted by Gasteiger charge is -2.45. The van der Waals surface area contributed by atoms with Crippen LogP contribution in [0.25, 0.3) is 0 Å². The number of nitrogens with zero attached hydrogens (tertiary/aromatic N) is 1. The molecule has 0 amide bonds. The van der Waals surface area contributed by atoms with Gasteiger partial charge in [-0.2, -0.15) is 0 Å². The zero-order valence-electron chi connectivity index (χ0n) is 11.7. The second kappa shape index (κ2) is 6.49. The minimum atomic E-state index is 0.230. The maximum atomic E-state index is 3.50. The van der Waals surface area contributed by atoms with Gasteiger partial charge in [0.1, 0.15) is 0 Å². The van der Waals surface area contributed by atoms with Crippen molar-refractivity contribution in [3.8, 4) is 0 Å². The fourth-order valence-electron chi connectivity index (χ4n) is 2.81. The molecule has 0 heterocycles. The van der Waals surface area contributed by atoms with Crippen molar-refractivity contribution in [1.29, 1.82) is 0 Å². The minimum absolute atomic E-state index is 0.230. The van der Waals surface area contributed by atoms with E-state index in [9.17, 15) is 0 Å². The van der Waals surface area contributed by atoms with Gasteiger partial charge in [0, 0.05) is 11.6 Å². The fourth-order valence-corrected chi connectivity index (χ4v) is 2.81. The molecule has 0 aliphatic rings. The van der Waals surface area contributed by atoms with Gasteiger partial charge in [-0.15, -0.1) is 0 Å². The van der Waals surface area contributed by atoms with E-state index >= 15 is 0 Å². The van der Waals surface area contributed by atoms with Crippen LogP contribution in [0.1, 0.15) is 48.0 Å². The van der Waals surface area contributed by atoms with E-state index in [2.05, 4.69) is 58.8 Å². The van der Waals surface area contributed by atoms with Crippen molar-refractivity contribution in [3.63, 3.8) is 0 Å². The summed E-state index contributed by atoms with van der Waals surface area (Å²) in [7, 11) is 2.09. The van der Waals surface area contributed by atoms with E-state index in [1.807, 2.05) is 0 Å². The Bertz CT molecular complexity index is 162. The van der Waals surface area contributed by atoms with Crippen molar-refractivity contribution in [2.45, 2.75) is 59.5 Å². The van der Waals surface area contributed by atoms with Crippen LogP contribution in [0.5, 0.6) is 0 Å². The third-order valence-corrected chi connectivity index (χ3v) is 3.86. The van der Waals surface area contributed by atoms with Crippen LogP contribution in [0.15, 0.2) is 0 Å². The van der Waals surface area contributed by atoms with Gasteiger partial charge in [-0.05, 0) is 39.9 Å². The van der Waals surface area contributed by atoms with Gasteiger partial charge < -0.3 is 5.32 Å². The first-order valence-electron chi connectivity index (χ1n) is 6.37. The number of likely N-dealkylation sites (N-methyl/N-ethyl adjacent to an activating group) is 2. The Morgan fingerprint density at radius 1 is 1.13 bits per heavy atom. The molecule has 0 saturated heterocycles. The highest BCUT2D eigenvalue weighted by Gasteiger charge is 2.35. The standard InChI is InChI=1S/C13H30N2/c1-8-11(4)12(14-7)13(5,6)15(9-2)10-3/h11-12,14H,8-10H2,1-7H3. The Morgan fingerprint density at radius 3 is 1.87 bits per heavy atom. The maximum Gasteiger partial charge on any atom is 0.0308 e. The summed E-state index contributed by atoms with van der Waals surface area (Å²) < 4.78 is 0. The highest BCUT2D eigenvalue weighted by atomic mass is 15.2. The second-order valence-corrected chi connectivity index (χ2v) is 4.98. The molecule has 0 aromatic rings. The van der Waals surface area contributed by atoms with E-state index in [1.54, 1.807) is 0 Å². The molecule has 15 heavy (non-hydrogen) atoms. The lowest BCUT2D eigenvalue weighted by molar-refractivity contribution is 0.0709. The number of nitrogens with one attached hydrogen (secondary N) is 1. The molecule has 0 fully saturated rings. The van der Waals surface area contributed by atoms with Gasteiger partial charge in [0.15, 0.2) is 0 Å². The van der Waals surface area contributed by atoms with E-state index in [4.69, 9.17) is 0 Å². The first-order chi connectivity index (χ1) is 6.95. The largest absolute Gasteiger partial charge is 0.315 e. The molecule has 0 aliphatic heterocycles. The van der Waals surface area contributed by atoms with Crippen molar-refractivity contribution in [1.82, 2.24) is 10.2 Å². The van der Waals surface area contributed by atoms with Crippen LogP contribution in [0.4, 0.5) is 0 Å². The lowest BCUT2D eigenvalue weighted by Crippen LogP contribution is -2.59. The first kappa shape index (κ1) is 14.9. The molecule has 0 aliphatic carbocycles. The predicted octanol–water partition coefficient (Wildman–Crippen LogP) is 2.74. The summed E-state index contributed by atoms with van der Waals surface area (Å²) in [6, 6.07) is 0.558. The van der Waals surface area contributed by atoms with E-state index in [0.29, 0.717) is 12.0 Å². The Balaban J connectivity index is 4.77. The molecular formula is C13H30N2. The van der Waals surface area contributed by atoms with Crippen molar-refractivity contribution >= 4 is 0 Å². The zero-order valence-corrected chi connectivity index (χ0v) is 11.7. The van der Waals surface area contributed by atoms with Crippen LogP contribution in [0.2, 0.25) is 0 Å². The highest BCUT2D eigenvalue weighted by Crippen LogP contribution is 2.25. The highest BCUT2D eigenvalue weighted by molar-refractivity contribution is 4.94. The molecular weight excluding hydrogens is 184 g/mol. The van der Waals surface area contributed by atoms with Crippen molar-refractivity contribution < 1.29 is 0 Å². The average Bonchev–Trinajstić information content (AvgIpc) is 2.19. The number of rotatable bonds is 7. The Labute approximate surface area is 96.4 Å². The van der Waals surface area contributed by atoms with Gasteiger partial charge in [-0.3, -0.25) is 4.90 Å². The van der Waals surface area contributed by atoms with Crippen LogP contribution in [0, 0.1) is 5.92 Å². The summed E-state index contributed by atoms with van der Waals surface area (Å²) in [5.74, 6) is 0.714. The zero-order chi connectivity index (χ0) is 12.1. The van der Waals surface area contributed by atoms with Crippen LogP contribution in [-0.2, 0) is 0 Å². The third-order valence-electron chi connectivity index (χ3n) is 3.86. The van der Waals surface area contributed by atoms with Gasteiger partial charge in [-0.1, -0.05) is 34.1 Å². The minimum Gasteiger partial charge on any atom is -0.315 e. The van der Waals surface area contributed by atoms with Gasteiger partial charge >= 0.3 is 0 Å². The topological polar surface area (TPSA) is 15.3 Å². The summed E-state index contributed by atoms with van der Waals surface area (Å²) in [6.45, 7) is 16.1. The predicted molar refractivity (Wildman–Crippen MR) is 69.3 cm³/mol.